The van der Waals surface area contributed by atoms with Gasteiger partial charge in [-0.3, -0.25) is 4.79 Å². The Hall–Kier alpha value is -3.22. The van der Waals surface area contributed by atoms with Gasteiger partial charge in [0.05, 0.1) is 0 Å². The fourth-order valence-electron chi connectivity index (χ4n) is 6.22. The van der Waals surface area contributed by atoms with Crippen molar-refractivity contribution in [2.45, 2.75) is 97.8 Å². The molecule has 0 spiro atoms. The van der Waals surface area contributed by atoms with Crippen molar-refractivity contribution in [3.05, 3.63) is 60.2 Å². The van der Waals surface area contributed by atoms with Crippen molar-refractivity contribution in [3.8, 4) is 5.75 Å². The lowest BCUT2D eigenvalue weighted by Crippen LogP contribution is -2.55. The maximum atomic E-state index is 13.7. The van der Waals surface area contributed by atoms with Gasteiger partial charge in [-0.05, 0) is 80.2 Å². The smallest absolute Gasteiger partial charge is 0.318 e. The number of urea groups is 1. The predicted molar refractivity (Wildman–Crippen MR) is 175 cm³/mol. The molecular weight excluding hydrogens is 536 g/mol. The first-order valence-corrected chi connectivity index (χ1v) is 16.7. The van der Waals surface area contributed by atoms with E-state index in [2.05, 4.69) is 74.3 Å². The van der Waals surface area contributed by atoms with E-state index in [-0.39, 0.29) is 11.9 Å². The van der Waals surface area contributed by atoms with Crippen molar-refractivity contribution in [1.82, 2.24) is 15.1 Å². The fraction of sp³-hybridized carbons (Fsp3) is 0.611. The van der Waals surface area contributed by atoms with Crippen LogP contribution in [0, 0.1) is 11.8 Å². The van der Waals surface area contributed by atoms with E-state index in [0.717, 1.165) is 63.1 Å². The highest BCUT2D eigenvalue weighted by Gasteiger charge is 2.32. The zero-order chi connectivity index (χ0) is 30.6. The van der Waals surface area contributed by atoms with Crippen molar-refractivity contribution in [3.63, 3.8) is 0 Å². The normalized spacial score (nSPS) is 17.1. The minimum absolute atomic E-state index is 0.0731. The summed E-state index contributed by atoms with van der Waals surface area (Å²) in [5, 5.41) is 3.13. The van der Waals surface area contributed by atoms with Crippen LogP contribution in [0.15, 0.2) is 54.6 Å². The summed E-state index contributed by atoms with van der Waals surface area (Å²) in [6.45, 7) is 13.3. The van der Waals surface area contributed by atoms with Gasteiger partial charge in [0.2, 0.25) is 5.91 Å². The number of piperidine rings is 1. The van der Waals surface area contributed by atoms with Crippen molar-refractivity contribution in [2.75, 3.05) is 37.6 Å². The average Bonchev–Trinajstić information content (AvgIpc) is 3.30. The van der Waals surface area contributed by atoms with Gasteiger partial charge in [-0.25, -0.2) is 4.79 Å². The van der Waals surface area contributed by atoms with E-state index in [1.54, 1.807) is 0 Å². The summed E-state index contributed by atoms with van der Waals surface area (Å²) in [6, 6.07) is 18.6. The van der Waals surface area contributed by atoms with Crippen LogP contribution in [0.4, 0.5) is 10.5 Å². The molecule has 2 aliphatic rings. The molecule has 2 saturated heterocycles. The van der Waals surface area contributed by atoms with Crippen LogP contribution in [-0.4, -0.2) is 66.5 Å². The van der Waals surface area contributed by atoms with Gasteiger partial charge in [0.25, 0.3) is 0 Å². The Balaban J connectivity index is 1.36. The van der Waals surface area contributed by atoms with E-state index in [1.807, 2.05) is 28.0 Å². The van der Waals surface area contributed by atoms with Crippen molar-refractivity contribution < 1.29 is 14.3 Å². The van der Waals surface area contributed by atoms with Gasteiger partial charge in [0.15, 0.2) is 0 Å². The number of anilines is 1. The zero-order valence-electron chi connectivity index (χ0n) is 27.0. The molecule has 2 aliphatic heterocycles. The number of hydrogen-bond acceptors (Lipinski definition) is 4. The molecule has 0 saturated carbocycles. The van der Waals surface area contributed by atoms with Crippen LogP contribution in [0.3, 0.4) is 0 Å². The fourth-order valence-corrected chi connectivity index (χ4v) is 6.22. The second-order valence-corrected chi connectivity index (χ2v) is 13.2. The van der Waals surface area contributed by atoms with Gasteiger partial charge >= 0.3 is 6.03 Å². The van der Waals surface area contributed by atoms with Gasteiger partial charge in [0.1, 0.15) is 18.4 Å². The summed E-state index contributed by atoms with van der Waals surface area (Å²) in [5.74, 6) is 1.88. The molecular formula is C36H54N4O3. The molecule has 1 N–H and O–H groups in total. The molecule has 3 amide bonds. The van der Waals surface area contributed by atoms with Gasteiger partial charge in [0, 0.05) is 44.5 Å². The number of hydrogen-bond donors (Lipinski definition) is 1. The first-order chi connectivity index (χ1) is 20.8. The van der Waals surface area contributed by atoms with Crippen LogP contribution in [-0.2, 0) is 11.4 Å². The van der Waals surface area contributed by atoms with Crippen molar-refractivity contribution in [2.24, 2.45) is 11.8 Å². The number of amides is 3. The van der Waals surface area contributed by atoms with Gasteiger partial charge in [-0.1, -0.05) is 70.9 Å². The van der Waals surface area contributed by atoms with Crippen molar-refractivity contribution >= 4 is 17.6 Å². The number of nitrogens with zero attached hydrogens (tertiary/aromatic N) is 3. The minimum Gasteiger partial charge on any atom is -0.489 e. The van der Waals surface area contributed by atoms with Gasteiger partial charge in [-0.2, -0.15) is 0 Å². The summed E-state index contributed by atoms with van der Waals surface area (Å²) < 4.78 is 6.04. The van der Waals surface area contributed by atoms with Crippen LogP contribution in [0.2, 0.25) is 0 Å². The minimum atomic E-state index is -0.465. The molecule has 0 bridgehead atoms. The lowest BCUT2D eigenvalue weighted by molar-refractivity contribution is -0.134. The molecule has 236 valence electrons. The zero-order valence-corrected chi connectivity index (χ0v) is 27.0. The second-order valence-electron chi connectivity index (χ2n) is 13.2. The molecule has 2 aromatic rings. The number of rotatable bonds is 12. The first kappa shape index (κ1) is 32.7. The molecule has 2 aromatic carbocycles. The van der Waals surface area contributed by atoms with E-state index in [9.17, 15) is 9.59 Å². The summed E-state index contributed by atoms with van der Waals surface area (Å²) in [5.41, 5.74) is 2.36. The monoisotopic (exact) mass is 590 g/mol. The van der Waals surface area contributed by atoms with Crippen LogP contribution in [0.25, 0.3) is 0 Å². The molecule has 7 heteroatoms. The lowest BCUT2D eigenvalue weighted by atomic mass is 9.98. The van der Waals surface area contributed by atoms with E-state index in [4.69, 9.17) is 4.74 Å². The number of nitrogens with one attached hydrogen (secondary N) is 1. The molecule has 7 nitrogen and oxygen atoms in total. The quantitative estimate of drug-likeness (QED) is 0.286. The standard InChI is InChI=1S/C36H54N4O3/c1-28(2)18-25-40(31-14-16-33(17-15-31)43-27-30-12-8-7-9-13-30)32-19-23-38(24-20-32)35(41)34(26-29(3)4)37-36(42)39-21-10-5-6-11-22-39/h7-9,12-17,28-29,32,34H,5-6,10-11,18-27H2,1-4H3,(H,37,42). The summed E-state index contributed by atoms with van der Waals surface area (Å²) in [7, 11) is 0. The van der Waals surface area contributed by atoms with E-state index in [1.165, 1.54) is 18.5 Å². The highest BCUT2D eigenvalue weighted by Crippen LogP contribution is 2.28. The van der Waals surface area contributed by atoms with E-state index < -0.39 is 6.04 Å². The summed E-state index contributed by atoms with van der Waals surface area (Å²) >= 11 is 0. The van der Waals surface area contributed by atoms with Gasteiger partial charge in [-0.15, -0.1) is 0 Å². The molecule has 0 aromatic heterocycles. The number of carbonyl (C=O) groups is 2. The Kier molecular flexibility index (Phi) is 12.6. The Morgan fingerprint density at radius 1 is 0.837 bits per heavy atom. The third-order valence-corrected chi connectivity index (χ3v) is 8.78. The lowest BCUT2D eigenvalue weighted by Gasteiger charge is -2.41. The van der Waals surface area contributed by atoms with E-state index in [0.29, 0.717) is 44.0 Å². The average molecular weight is 591 g/mol. The molecule has 1 atom stereocenters. The van der Waals surface area contributed by atoms with Crippen molar-refractivity contribution in [1.29, 1.82) is 0 Å². The Labute approximate surface area is 260 Å². The molecule has 0 aliphatic carbocycles. The highest BCUT2D eigenvalue weighted by atomic mass is 16.5. The second kappa shape index (κ2) is 16.6. The van der Waals surface area contributed by atoms with E-state index >= 15 is 0 Å². The maximum Gasteiger partial charge on any atom is 0.318 e. The molecule has 4 rings (SSSR count). The summed E-state index contributed by atoms with van der Waals surface area (Å²) in [4.78, 5) is 33.3. The number of carbonyl (C=O) groups excluding carboxylic acids is 2. The Bertz CT molecular complexity index is 1110. The maximum absolute atomic E-state index is 13.7. The third kappa shape index (κ3) is 10.2. The van der Waals surface area contributed by atoms with Gasteiger partial charge < -0.3 is 24.8 Å². The third-order valence-electron chi connectivity index (χ3n) is 8.78. The molecule has 0 radical (unpaired) electrons. The molecule has 43 heavy (non-hydrogen) atoms. The molecule has 2 fully saturated rings. The number of benzene rings is 2. The van der Waals surface area contributed by atoms with Crippen LogP contribution in [0.5, 0.6) is 5.75 Å². The van der Waals surface area contributed by atoms with Crippen LogP contribution < -0.4 is 15.0 Å². The Morgan fingerprint density at radius 3 is 2.09 bits per heavy atom. The molecule has 1 unspecified atom stereocenters. The topological polar surface area (TPSA) is 65.1 Å². The SMILES string of the molecule is CC(C)CCN(c1ccc(OCc2ccccc2)cc1)C1CCN(C(=O)C(CC(C)C)NC(=O)N2CCCCCC2)CC1. The largest absolute Gasteiger partial charge is 0.489 e. The van der Waals surface area contributed by atoms with Crippen LogP contribution >= 0.6 is 0 Å². The first-order valence-electron chi connectivity index (χ1n) is 16.7. The summed E-state index contributed by atoms with van der Waals surface area (Å²) in [6.07, 6.45) is 8.05. The van der Waals surface area contributed by atoms with Crippen LogP contribution in [0.1, 0.15) is 84.6 Å². The number of likely N-dealkylation sites (tertiary alicyclic amines) is 2. The Morgan fingerprint density at radius 2 is 1.49 bits per heavy atom. The highest BCUT2D eigenvalue weighted by molar-refractivity contribution is 5.87. The number of ether oxygens (including phenoxy) is 1. The molecule has 2 heterocycles. The predicted octanol–water partition coefficient (Wildman–Crippen LogP) is 7.11.